The fourth-order valence-electron chi connectivity index (χ4n) is 3.42. The molecule has 3 aromatic rings. The highest BCUT2D eigenvalue weighted by atomic mass is 16.5. The lowest BCUT2D eigenvalue weighted by molar-refractivity contribution is 0.0697. The number of hydrogen-bond donors (Lipinski definition) is 0. The van der Waals surface area contributed by atoms with Crippen LogP contribution in [0.2, 0.25) is 0 Å². The molecule has 0 atom stereocenters. The summed E-state index contributed by atoms with van der Waals surface area (Å²) in [5, 5.41) is 0.877. The molecule has 7 heteroatoms. The van der Waals surface area contributed by atoms with Crippen LogP contribution in [0.15, 0.2) is 35.3 Å². The molecule has 0 spiro atoms. The van der Waals surface area contributed by atoms with Gasteiger partial charge in [0.1, 0.15) is 5.65 Å². The van der Waals surface area contributed by atoms with E-state index in [-0.39, 0.29) is 11.6 Å². The lowest BCUT2D eigenvalue weighted by Crippen LogP contribution is -2.29. The van der Waals surface area contributed by atoms with E-state index in [0.717, 1.165) is 23.9 Å². The first-order valence-electron chi connectivity index (χ1n) is 8.66. The number of pyridine rings is 2. The molecule has 4 rings (SSSR count). The molecule has 26 heavy (non-hydrogen) atoms. The Labute approximate surface area is 150 Å². The van der Waals surface area contributed by atoms with Crippen LogP contribution in [0.5, 0.6) is 5.88 Å². The predicted molar refractivity (Wildman–Crippen MR) is 97.4 cm³/mol. The van der Waals surface area contributed by atoms with Gasteiger partial charge < -0.3 is 9.47 Å². The zero-order chi connectivity index (χ0) is 18.1. The minimum absolute atomic E-state index is 0.0494. The van der Waals surface area contributed by atoms with E-state index in [0.29, 0.717) is 36.1 Å². The molecule has 134 valence electrons. The van der Waals surface area contributed by atoms with Gasteiger partial charge in [0.2, 0.25) is 5.88 Å². The van der Waals surface area contributed by atoms with Crippen LogP contribution in [-0.2, 0) is 4.74 Å². The van der Waals surface area contributed by atoms with Crippen LogP contribution in [0.1, 0.15) is 24.6 Å². The van der Waals surface area contributed by atoms with Gasteiger partial charge in [-0.2, -0.15) is 0 Å². The Balaban J connectivity index is 1.96. The second kappa shape index (κ2) is 6.84. The molecular weight excluding hydrogens is 332 g/mol. The average molecular weight is 352 g/mol. The molecule has 0 N–H and O–H groups in total. The number of aryl methyl sites for hydroxylation is 1. The minimum atomic E-state index is -0.0494. The smallest absolute Gasteiger partial charge is 0.252 e. The summed E-state index contributed by atoms with van der Waals surface area (Å²) in [5.41, 5.74) is 2.12. The van der Waals surface area contributed by atoms with Gasteiger partial charge in [-0.25, -0.2) is 15.0 Å². The lowest BCUT2D eigenvalue weighted by Gasteiger charge is -2.25. The van der Waals surface area contributed by atoms with E-state index in [1.165, 1.54) is 0 Å². The summed E-state index contributed by atoms with van der Waals surface area (Å²) in [5.74, 6) is 0.966. The van der Waals surface area contributed by atoms with Crippen LogP contribution in [-0.4, -0.2) is 39.8 Å². The first-order chi connectivity index (χ1) is 12.7. The van der Waals surface area contributed by atoms with Gasteiger partial charge in [0, 0.05) is 36.9 Å². The summed E-state index contributed by atoms with van der Waals surface area (Å²) >= 11 is 0. The maximum Gasteiger partial charge on any atom is 0.252 e. The predicted octanol–water partition coefficient (Wildman–Crippen LogP) is 2.52. The second-order valence-electron chi connectivity index (χ2n) is 6.32. The van der Waals surface area contributed by atoms with Crippen molar-refractivity contribution in [3.63, 3.8) is 0 Å². The van der Waals surface area contributed by atoms with E-state index in [9.17, 15) is 4.79 Å². The molecule has 0 saturated carbocycles. The Morgan fingerprint density at radius 2 is 2.00 bits per heavy atom. The van der Waals surface area contributed by atoms with Crippen molar-refractivity contribution in [2.24, 2.45) is 0 Å². The van der Waals surface area contributed by atoms with Crippen molar-refractivity contribution in [3.05, 3.63) is 46.5 Å². The first kappa shape index (κ1) is 16.7. The first-order valence-corrected chi connectivity index (χ1v) is 8.66. The molecule has 3 aromatic heterocycles. The van der Waals surface area contributed by atoms with Gasteiger partial charge in [-0.3, -0.25) is 9.36 Å². The van der Waals surface area contributed by atoms with Crippen molar-refractivity contribution in [1.82, 2.24) is 19.5 Å². The molecule has 1 saturated heterocycles. The molecule has 1 aliphatic rings. The molecule has 0 radical (unpaired) electrons. The maximum atomic E-state index is 12.6. The van der Waals surface area contributed by atoms with Crippen LogP contribution in [0.4, 0.5) is 0 Å². The molecule has 0 bridgehead atoms. The minimum Gasteiger partial charge on any atom is -0.480 e. The molecular formula is C19H20N4O3. The number of aromatic nitrogens is 4. The normalized spacial score (nSPS) is 15.3. The molecule has 0 aliphatic carbocycles. The summed E-state index contributed by atoms with van der Waals surface area (Å²) in [6.45, 7) is 3.23. The number of ether oxygens (including phenoxy) is 2. The topological polar surface area (TPSA) is 79.1 Å². The molecule has 4 heterocycles. The highest BCUT2D eigenvalue weighted by molar-refractivity contribution is 5.80. The van der Waals surface area contributed by atoms with E-state index in [2.05, 4.69) is 9.97 Å². The zero-order valence-electron chi connectivity index (χ0n) is 14.8. The van der Waals surface area contributed by atoms with Crippen molar-refractivity contribution in [2.45, 2.75) is 25.8 Å². The van der Waals surface area contributed by atoms with Gasteiger partial charge in [-0.1, -0.05) is 0 Å². The highest BCUT2D eigenvalue weighted by Crippen LogP contribution is 2.29. The van der Waals surface area contributed by atoms with Crippen LogP contribution < -0.4 is 10.3 Å². The number of methoxy groups -OCH3 is 1. The molecule has 0 aromatic carbocycles. The Morgan fingerprint density at radius 3 is 2.77 bits per heavy atom. The quantitative estimate of drug-likeness (QED) is 0.721. The fraction of sp³-hybridized carbons (Fsp3) is 0.368. The molecule has 1 aliphatic heterocycles. The van der Waals surface area contributed by atoms with Gasteiger partial charge >= 0.3 is 0 Å². The van der Waals surface area contributed by atoms with Crippen LogP contribution in [0.3, 0.4) is 0 Å². The van der Waals surface area contributed by atoms with Gasteiger partial charge in [-0.15, -0.1) is 0 Å². The Morgan fingerprint density at radius 1 is 1.19 bits per heavy atom. The number of nitrogens with zero attached hydrogens (tertiary/aromatic N) is 4. The van der Waals surface area contributed by atoms with Crippen LogP contribution >= 0.6 is 0 Å². The van der Waals surface area contributed by atoms with Crippen molar-refractivity contribution in [1.29, 1.82) is 0 Å². The lowest BCUT2D eigenvalue weighted by atomic mass is 10.1. The number of hydrogen-bond acceptors (Lipinski definition) is 6. The molecule has 0 amide bonds. The summed E-state index contributed by atoms with van der Waals surface area (Å²) in [6.07, 6.45) is 3.26. The monoisotopic (exact) mass is 352 g/mol. The highest BCUT2D eigenvalue weighted by Gasteiger charge is 2.21. The van der Waals surface area contributed by atoms with Crippen molar-refractivity contribution in [2.75, 3.05) is 20.3 Å². The summed E-state index contributed by atoms with van der Waals surface area (Å²) in [4.78, 5) is 26.2. The van der Waals surface area contributed by atoms with E-state index >= 15 is 0 Å². The number of rotatable bonds is 3. The number of fused-ring (bicyclic) bond motifs is 1. The van der Waals surface area contributed by atoms with Crippen molar-refractivity contribution < 1.29 is 9.47 Å². The van der Waals surface area contributed by atoms with Gasteiger partial charge in [0.25, 0.3) is 5.56 Å². The third kappa shape index (κ3) is 2.84. The van der Waals surface area contributed by atoms with Crippen molar-refractivity contribution in [3.8, 4) is 17.3 Å². The van der Waals surface area contributed by atoms with Gasteiger partial charge in [0.15, 0.2) is 5.82 Å². The maximum absolute atomic E-state index is 12.6. The second-order valence-corrected chi connectivity index (χ2v) is 6.32. The molecule has 1 fully saturated rings. The SMILES string of the molecule is COc1ncccc1-c1nc(C)c2ccc(=O)n(C3CCOCC3)c2n1. The molecule has 0 unspecified atom stereocenters. The summed E-state index contributed by atoms with van der Waals surface area (Å²) in [6, 6.07) is 7.16. The zero-order valence-corrected chi connectivity index (χ0v) is 14.8. The largest absolute Gasteiger partial charge is 0.480 e. The average Bonchev–Trinajstić information content (AvgIpc) is 2.68. The Kier molecular flexibility index (Phi) is 4.38. The van der Waals surface area contributed by atoms with Gasteiger partial charge in [-0.05, 0) is 38.0 Å². The Hall–Kier alpha value is -2.80. The van der Waals surface area contributed by atoms with Gasteiger partial charge in [0.05, 0.1) is 18.4 Å². The van der Waals surface area contributed by atoms with E-state index in [1.807, 2.05) is 19.1 Å². The van der Waals surface area contributed by atoms with Crippen LogP contribution in [0, 0.1) is 6.92 Å². The van der Waals surface area contributed by atoms with E-state index in [1.54, 1.807) is 30.0 Å². The summed E-state index contributed by atoms with van der Waals surface area (Å²) in [7, 11) is 1.57. The summed E-state index contributed by atoms with van der Waals surface area (Å²) < 4.78 is 12.6. The third-order valence-electron chi connectivity index (χ3n) is 4.74. The fourth-order valence-corrected chi connectivity index (χ4v) is 3.42. The van der Waals surface area contributed by atoms with E-state index < -0.39 is 0 Å². The standard InChI is InChI=1S/C19H20N4O3/c1-12-14-5-6-16(24)23(13-7-10-26-11-8-13)18(14)22-17(21-12)15-4-3-9-20-19(15)25-2/h3-6,9,13H,7-8,10-11H2,1-2H3. The molecule has 7 nitrogen and oxygen atoms in total. The Bertz CT molecular complexity index is 1010. The van der Waals surface area contributed by atoms with Crippen LogP contribution in [0.25, 0.3) is 22.4 Å². The van der Waals surface area contributed by atoms with E-state index in [4.69, 9.17) is 14.5 Å². The van der Waals surface area contributed by atoms with Crippen molar-refractivity contribution >= 4 is 11.0 Å². The third-order valence-corrected chi connectivity index (χ3v) is 4.74.